The van der Waals surface area contributed by atoms with E-state index in [0.29, 0.717) is 6.54 Å². The van der Waals surface area contributed by atoms with Gasteiger partial charge >= 0.3 is 0 Å². The fourth-order valence-corrected chi connectivity index (χ4v) is 3.88. The first-order valence-electron chi connectivity index (χ1n) is 7.53. The maximum atomic E-state index is 12.1. The average molecular weight is 377 g/mol. The largest absolute Gasteiger partial charge is 0.355 e. The monoisotopic (exact) mass is 377 g/mol. The van der Waals surface area contributed by atoms with Gasteiger partial charge in [-0.3, -0.25) is 4.79 Å². The zero-order valence-corrected chi connectivity index (χ0v) is 15.3. The van der Waals surface area contributed by atoms with Crippen LogP contribution in [-0.4, -0.2) is 42.4 Å². The lowest BCUT2D eigenvalue weighted by atomic mass is 10.3. The lowest BCUT2D eigenvalue weighted by Gasteiger charge is -2.09. The number of amides is 1. The van der Waals surface area contributed by atoms with Gasteiger partial charge in [0.2, 0.25) is 26.0 Å². The van der Waals surface area contributed by atoms with Crippen molar-refractivity contribution in [3.05, 3.63) is 24.3 Å². The van der Waals surface area contributed by atoms with Crippen molar-refractivity contribution in [1.82, 2.24) is 14.8 Å². The molecule has 0 heterocycles. The van der Waals surface area contributed by atoms with Gasteiger partial charge in [0.05, 0.1) is 9.79 Å². The van der Waals surface area contributed by atoms with Crippen molar-refractivity contribution in [1.29, 1.82) is 0 Å². The molecule has 1 rings (SSSR count). The van der Waals surface area contributed by atoms with Crippen molar-refractivity contribution in [3.8, 4) is 0 Å². The summed E-state index contributed by atoms with van der Waals surface area (Å²) in [7, 11) is -7.40. The first kappa shape index (κ1) is 20.6. The van der Waals surface area contributed by atoms with E-state index >= 15 is 0 Å². The Morgan fingerprint density at radius 2 is 1.33 bits per heavy atom. The number of hydrogen-bond acceptors (Lipinski definition) is 5. The number of sulfonamides is 2. The van der Waals surface area contributed by atoms with E-state index in [2.05, 4.69) is 14.8 Å². The fraction of sp³-hybridized carbons (Fsp3) is 0.500. The molecule has 0 saturated heterocycles. The lowest BCUT2D eigenvalue weighted by molar-refractivity contribution is -0.118. The molecule has 0 radical (unpaired) electrons. The zero-order chi connectivity index (χ0) is 18.2. The summed E-state index contributed by atoms with van der Waals surface area (Å²) in [5, 5.41) is 2.47. The second-order valence-electron chi connectivity index (χ2n) is 5.10. The van der Waals surface area contributed by atoms with Crippen LogP contribution in [0.1, 0.15) is 26.7 Å². The van der Waals surface area contributed by atoms with Gasteiger partial charge < -0.3 is 5.32 Å². The molecule has 0 aromatic heterocycles. The third-order valence-corrected chi connectivity index (χ3v) is 6.01. The molecule has 24 heavy (non-hydrogen) atoms. The molecule has 0 aliphatic carbocycles. The molecule has 0 bridgehead atoms. The average Bonchev–Trinajstić information content (AvgIpc) is 2.52. The van der Waals surface area contributed by atoms with E-state index in [4.69, 9.17) is 0 Å². The molecule has 0 aliphatic rings. The van der Waals surface area contributed by atoms with E-state index in [-0.39, 0.29) is 28.8 Å². The van der Waals surface area contributed by atoms with Crippen LogP contribution >= 0.6 is 0 Å². The second kappa shape index (κ2) is 9.11. The van der Waals surface area contributed by atoms with Gasteiger partial charge in [-0.2, -0.15) is 0 Å². The summed E-state index contributed by atoms with van der Waals surface area (Å²) in [4.78, 5) is 10.7. The van der Waals surface area contributed by atoms with Crippen LogP contribution in [0.15, 0.2) is 34.1 Å². The van der Waals surface area contributed by atoms with Crippen LogP contribution in [0, 0.1) is 0 Å². The Balaban J connectivity index is 2.73. The van der Waals surface area contributed by atoms with Gasteiger partial charge in [-0.05, 0) is 30.7 Å². The van der Waals surface area contributed by atoms with E-state index in [1.165, 1.54) is 31.2 Å². The Hall–Kier alpha value is -1.49. The molecular formula is C14H23N3O5S2. The Labute approximate surface area is 143 Å². The predicted molar refractivity (Wildman–Crippen MR) is 90.4 cm³/mol. The van der Waals surface area contributed by atoms with E-state index in [1.54, 1.807) is 0 Å². The smallest absolute Gasteiger partial charge is 0.240 e. The molecule has 0 spiro atoms. The molecule has 10 heteroatoms. The summed E-state index contributed by atoms with van der Waals surface area (Å²) in [6.07, 6.45) is 1.59. The third kappa shape index (κ3) is 6.56. The Morgan fingerprint density at radius 3 is 1.75 bits per heavy atom. The summed E-state index contributed by atoms with van der Waals surface area (Å²) in [5.41, 5.74) is 0. The van der Waals surface area contributed by atoms with Crippen molar-refractivity contribution in [2.75, 3.05) is 19.6 Å². The first-order chi connectivity index (χ1) is 11.2. The van der Waals surface area contributed by atoms with Gasteiger partial charge in [-0.1, -0.05) is 13.3 Å². The van der Waals surface area contributed by atoms with E-state index in [0.717, 1.165) is 12.8 Å². The Bertz CT molecular complexity index is 743. The van der Waals surface area contributed by atoms with Crippen LogP contribution in [-0.2, 0) is 24.8 Å². The summed E-state index contributed by atoms with van der Waals surface area (Å²) < 4.78 is 52.9. The van der Waals surface area contributed by atoms with Gasteiger partial charge in [0, 0.05) is 26.6 Å². The molecule has 3 N–H and O–H groups in total. The molecule has 1 amide bonds. The molecule has 1 aromatic rings. The minimum atomic E-state index is -3.76. The summed E-state index contributed by atoms with van der Waals surface area (Å²) in [6, 6.07) is 4.96. The summed E-state index contributed by atoms with van der Waals surface area (Å²) in [6.45, 7) is 3.83. The highest BCUT2D eigenvalue weighted by molar-refractivity contribution is 7.90. The summed E-state index contributed by atoms with van der Waals surface area (Å²) >= 11 is 0. The van der Waals surface area contributed by atoms with Crippen molar-refractivity contribution in [2.45, 2.75) is 36.5 Å². The molecule has 1 aromatic carbocycles. The van der Waals surface area contributed by atoms with E-state index in [1.807, 2.05) is 6.92 Å². The fourth-order valence-electron chi connectivity index (χ4n) is 1.77. The molecule has 0 saturated carbocycles. The van der Waals surface area contributed by atoms with Crippen molar-refractivity contribution >= 4 is 26.0 Å². The number of unbranched alkanes of at least 4 members (excludes halogenated alkanes) is 1. The Morgan fingerprint density at radius 1 is 0.875 bits per heavy atom. The number of carbonyl (C=O) groups is 1. The maximum Gasteiger partial charge on any atom is 0.240 e. The van der Waals surface area contributed by atoms with Gasteiger partial charge in [-0.15, -0.1) is 0 Å². The molecule has 0 atom stereocenters. The summed E-state index contributed by atoms with van der Waals surface area (Å²) in [5.74, 6) is -0.251. The number of benzene rings is 1. The minimum Gasteiger partial charge on any atom is -0.355 e. The SMILES string of the molecule is CCCCNS(=O)(=O)c1ccc(S(=O)(=O)NCCNC(C)=O)cc1. The van der Waals surface area contributed by atoms with Crippen LogP contribution in [0.5, 0.6) is 0 Å². The number of nitrogens with one attached hydrogen (secondary N) is 3. The van der Waals surface area contributed by atoms with Gasteiger partial charge in [-0.25, -0.2) is 26.3 Å². The van der Waals surface area contributed by atoms with Crippen LogP contribution in [0.4, 0.5) is 0 Å². The lowest BCUT2D eigenvalue weighted by Crippen LogP contribution is -2.33. The van der Waals surface area contributed by atoms with Crippen LogP contribution in [0.2, 0.25) is 0 Å². The van der Waals surface area contributed by atoms with Crippen LogP contribution in [0.3, 0.4) is 0 Å². The van der Waals surface area contributed by atoms with E-state index in [9.17, 15) is 21.6 Å². The highest BCUT2D eigenvalue weighted by Gasteiger charge is 2.17. The normalized spacial score (nSPS) is 12.1. The molecule has 0 aliphatic heterocycles. The number of hydrogen-bond donors (Lipinski definition) is 3. The van der Waals surface area contributed by atoms with Gasteiger partial charge in [0.25, 0.3) is 0 Å². The standard InChI is InChI=1S/C14H23N3O5S2/c1-3-4-9-16-23(19,20)13-5-7-14(8-6-13)24(21,22)17-11-10-15-12(2)18/h5-8,16-17H,3-4,9-11H2,1-2H3,(H,15,18). The molecule has 0 unspecified atom stereocenters. The van der Waals surface area contributed by atoms with Gasteiger partial charge in [0.1, 0.15) is 0 Å². The van der Waals surface area contributed by atoms with Crippen LogP contribution in [0.25, 0.3) is 0 Å². The molecule has 0 fully saturated rings. The number of carbonyl (C=O) groups excluding carboxylic acids is 1. The first-order valence-corrected chi connectivity index (χ1v) is 10.5. The van der Waals surface area contributed by atoms with Crippen LogP contribution < -0.4 is 14.8 Å². The zero-order valence-electron chi connectivity index (χ0n) is 13.7. The maximum absolute atomic E-state index is 12.1. The topological polar surface area (TPSA) is 121 Å². The number of rotatable bonds is 10. The van der Waals surface area contributed by atoms with Crippen molar-refractivity contribution in [3.63, 3.8) is 0 Å². The predicted octanol–water partition coefficient (Wildman–Crippen LogP) is 0.179. The van der Waals surface area contributed by atoms with Gasteiger partial charge in [0.15, 0.2) is 0 Å². The molecule has 8 nitrogen and oxygen atoms in total. The van der Waals surface area contributed by atoms with Crippen molar-refractivity contribution < 1.29 is 21.6 Å². The third-order valence-electron chi connectivity index (χ3n) is 3.06. The quantitative estimate of drug-likeness (QED) is 0.502. The second-order valence-corrected chi connectivity index (χ2v) is 8.64. The van der Waals surface area contributed by atoms with Crippen molar-refractivity contribution in [2.24, 2.45) is 0 Å². The molecular weight excluding hydrogens is 354 g/mol. The highest BCUT2D eigenvalue weighted by Crippen LogP contribution is 2.14. The minimum absolute atomic E-state index is 0.01000. The van der Waals surface area contributed by atoms with E-state index < -0.39 is 20.0 Å². The molecule has 136 valence electrons. The Kier molecular flexibility index (Phi) is 7.80. The highest BCUT2D eigenvalue weighted by atomic mass is 32.2.